The molecular weight excluding hydrogens is 418 g/mol. The van der Waals surface area contributed by atoms with Gasteiger partial charge in [-0.3, -0.25) is 9.69 Å². The summed E-state index contributed by atoms with van der Waals surface area (Å²) in [5, 5.41) is 0.711. The minimum Gasteiger partial charge on any atom is -0.497 e. The number of aromatic nitrogens is 1. The summed E-state index contributed by atoms with van der Waals surface area (Å²) in [4.78, 5) is 21.9. The van der Waals surface area contributed by atoms with Gasteiger partial charge in [0.15, 0.2) is 5.13 Å². The van der Waals surface area contributed by atoms with Crippen LogP contribution < -0.4 is 9.64 Å². The van der Waals surface area contributed by atoms with Crippen LogP contribution in [-0.4, -0.2) is 49.1 Å². The summed E-state index contributed by atoms with van der Waals surface area (Å²) < 4.78 is 6.34. The first-order valence-electron chi connectivity index (χ1n) is 9.86. The minimum absolute atomic E-state index is 0. The number of hydrogen-bond donors (Lipinski definition) is 0. The molecule has 0 saturated heterocycles. The molecule has 0 radical (unpaired) electrons. The lowest BCUT2D eigenvalue weighted by Gasteiger charge is -2.23. The van der Waals surface area contributed by atoms with Crippen LogP contribution in [0.4, 0.5) is 5.13 Å². The molecule has 1 aromatic heterocycles. The maximum Gasteiger partial charge on any atom is 0.252 e. The first-order valence-corrected chi connectivity index (χ1v) is 10.7. The van der Waals surface area contributed by atoms with Gasteiger partial charge in [0.05, 0.1) is 17.3 Å². The molecule has 3 aromatic rings. The van der Waals surface area contributed by atoms with Crippen molar-refractivity contribution in [2.45, 2.75) is 13.8 Å². The van der Waals surface area contributed by atoms with Gasteiger partial charge in [-0.05, 0) is 36.9 Å². The Morgan fingerprint density at radius 3 is 2.50 bits per heavy atom. The summed E-state index contributed by atoms with van der Waals surface area (Å²) in [6.07, 6.45) is 3.48. The number of nitrogens with zero attached hydrogens (tertiary/aromatic N) is 3. The number of hydrogen-bond acceptors (Lipinski definition) is 5. The van der Waals surface area contributed by atoms with Crippen LogP contribution in [0.5, 0.6) is 5.75 Å². The van der Waals surface area contributed by atoms with E-state index >= 15 is 0 Å². The van der Waals surface area contributed by atoms with Gasteiger partial charge >= 0.3 is 0 Å². The number of anilines is 1. The molecule has 0 N–H and O–H groups in total. The van der Waals surface area contributed by atoms with Crippen LogP contribution in [0.25, 0.3) is 16.3 Å². The van der Waals surface area contributed by atoms with Crippen molar-refractivity contribution in [1.29, 1.82) is 0 Å². The quantitative estimate of drug-likeness (QED) is 0.429. The highest BCUT2D eigenvalue weighted by Crippen LogP contribution is 2.31. The number of carbonyl (C=O) groups excluding carboxylic acids is 1. The molecular formula is C23H28ClN3O2S. The first-order chi connectivity index (χ1) is 14.1. The second kappa shape index (κ2) is 11.7. The molecule has 0 atom stereocenters. The van der Waals surface area contributed by atoms with Crippen molar-refractivity contribution >= 4 is 51.1 Å². The predicted octanol–water partition coefficient (Wildman–Crippen LogP) is 5.11. The van der Waals surface area contributed by atoms with Crippen LogP contribution in [-0.2, 0) is 4.79 Å². The molecule has 0 aliphatic rings. The largest absolute Gasteiger partial charge is 0.497 e. The third kappa shape index (κ3) is 6.05. The number of likely N-dealkylation sites (N-methyl/N-ethyl adjacent to an activating group) is 1. The van der Waals surface area contributed by atoms with Gasteiger partial charge in [0, 0.05) is 25.2 Å². The van der Waals surface area contributed by atoms with Crippen molar-refractivity contribution in [2.24, 2.45) is 0 Å². The predicted molar refractivity (Wildman–Crippen MR) is 129 cm³/mol. The molecule has 7 heteroatoms. The van der Waals surface area contributed by atoms with Crippen LogP contribution in [0.3, 0.4) is 0 Å². The normalized spacial score (nSPS) is 11.1. The zero-order valence-corrected chi connectivity index (χ0v) is 19.2. The maximum atomic E-state index is 13.1. The maximum absolute atomic E-state index is 13.1. The number of halogens is 1. The summed E-state index contributed by atoms with van der Waals surface area (Å²) in [5.41, 5.74) is 1.84. The van der Waals surface area contributed by atoms with E-state index in [1.54, 1.807) is 18.1 Å². The fraction of sp³-hybridized carbons (Fsp3) is 0.304. The standard InChI is InChI=1S/C23H27N3O2S.ClH/c1-4-25(5-2)15-16-26(22(27)14-11-18-9-7-6-8-10-18)23-24-20-17-19(28-3)12-13-21(20)29-23;/h6-14,17H,4-5,15-16H2,1-3H3;1H. The molecule has 0 unspecified atom stereocenters. The summed E-state index contributed by atoms with van der Waals surface area (Å²) in [5.74, 6) is 0.700. The third-order valence-corrected chi connectivity index (χ3v) is 5.89. The average Bonchev–Trinajstić information content (AvgIpc) is 3.18. The lowest BCUT2D eigenvalue weighted by molar-refractivity contribution is -0.114. The Morgan fingerprint density at radius 1 is 1.10 bits per heavy atom. The van der Waals surface area contributed by atoms with Gasteiger partial charge in [-0.25, -0.2) is 4.98 Å². The lowest BCUT2D eigenvalue weighted by atomic mass is 10.2. The highest BCUT2D eigenvalue weighted by Gasteiger charge is 2.19. The molecule has 5 nitrogen and oxygen atoms in total. The Kier molecular flexibility index (Phi) is 9.30. The molecule has 3 rings (SSSR count). The zero-order valence-electron chi connectivity index (χ0n) is 17.6. The number of methoxy groups -OCH3 is 1. The second-order valence-corrected chi connectivity index (χ2v) is 7.60. The molecule has 0 fully saturated rings. The number of amides is 1. The fourth-order valence-corrected chi connectivity index (χ4v) is 4.02. The lowest BCUT2D eigenvalue weighted by Crippen LogP contribution is -2.38. The number of thiazole rings is 1. The van der Waals surface area contributed by atoms with Gasteiger partial charge in [-0.15, -0.1) is 12.4 Å². The third-order valence-electron chi connectivity index (χ3n) is 4.83. The molecule has 2 aromatic carbocycles. The van der Waals surface area contributed by atoms with E-state index in [-0.39, 0.29) is 18.3 Å². The molecule has 0 saturated carbocycles. The highest BCUT2D eigenvalue weighted by molar-refractivity contribution is 7.22. The topological polar surface area (TPSA) is 45.7 Å². The Hall–Kier alpha value is -2.41. The van der Waals surface area contributed by atoms with Crippen molar-refractivity contribution in [2.75, 3.05) is 38.2 Å². The van der Waals surface area contributed by atoms with E-state index in [4.69, 9.17) is 9.72 Å². The Bertz CT molecular complexity index is 971. The van der Waals surface area contributed by atoms with E-state index in [1.807, 2.05) is 54.6 Å². The van der Waals surface area contributed by atoms with E-state index < -0.39 is 0 Å². The number of fused-ring (bicyclic) bond motifs is 1. The van der Waals surface area contributed by atoms with E-state index in [0.29, 0.717) is 11.7 Å². The van der Waals surface area contributed by atoms with Crippen LogP contribution in [0.15, 0.2) is 54.6 Å². The number of benzene rings is 2. The fourth-order valence-electron chi connectivity index (χ4n) is 3.04. The first kappa shape index (κ1) is 23.9. The van der Waals surface area contributed by atoms with Crippen LogP contribution >= 0.6 is 23.7 Å². The van der Waals surface area contributed by atoms with Crippen LogP contribution in [0.2, 0.25) is 0 Å². The Balaban J connectivity index is 0.00000320. The van der Waals surface area contributed by atoms with Gasteiger partial charge in [0.1, 0.15) is 5.75 Å². The van der Waals surface area contributed by atoms with Crippen molar-refractivity contribution in [3.63, 3.8) is 0 Å². The number of carbonyl (C=O) groups is 1. The Morgan fingerprint density at radius 2 is 1.83 bits per heavy atom. The number of ether oxygens (including phenoxy) is 1. The molecule has 0 aliphatic carbocycles. The average molecular weight is 446 g/mol. The van der Waals surface area contributed by atoms with E-state index in [9.17, 15) is 4.79 Å². The zero-order chi connectivity index (χ0) is 20.6. The summed E-state index contributed by atoms with van der Waals surface area (Å²) >= 11 is 1.53. The molecule has 0 aliphatic heterocycles. The van der Waals surface area contributed by atoms with Crippen molar-refractivity contribution in [3.05, 3.63) is 60.2 Å². The van der Waals surface area contributed by atoms with E-state index in [0.717, 1.165) is 41.2 Å². The summed E-state index contributed by atoms with van der Waals surface area (Å²) in [7, 11) is 1.64. The van der Waals surface area contributed by atoms with Crippen LogP contribution in [0.1, 0.15) is 19.4 Å². The van der Waals surface area contributed by atoms with Gasteiger partial charge < -0.3 is 9.64 Å². The van der Waals surface area contributed by atoms with Crippen molar-refractivity contribution in [1.82, 2.24) is 9.88 Å². The molecule has 0 bridgehead atoms. The summed E-state index contributed by atoms with van der Waals surface area (Å²) in [6, 6.07) is 15.7. The Labute approximate surface area is 188 Å². The van der Waals surface area contributed by atoms with Gasteiger partial charge in [0.2, 0.25) is 0 Å². The molecule has 1 heterocycles. The molecule has 1 amide bonds. The van der Waals surface area contributed by atoms with Gasteiger partial charge in [-0.1, -0.05) is 55.5 Å². The highest BCUT2D eigenvalue weighted by atomic mass is 35.5. The van der Waals surface area contributed by atoms with Gasteiger partial charge in [-0.2, -0.15) is 0 Å². The molecule has 0 spiro atoms. The monoisotopic (exact) mass is 445 g/mol. The smallest absolute Gasteiger partial charge is 0.252 e. The molecule has 30 heavy (non-hydrogen) atoms. The SMILES string of the molecule is CCN(CC)CCN(C(=O)C=Cc1ccccc1)c1nc2cc(OC)ccc2s1.Cl. The van der Waals surface area contributed by atoms with Crippen molar-refractivity contribution < 1.29 is 9.53 Å². The van der Waals surface area contributed by atoms with Gasteiger partial charge in [0.25, 0.3) is 5.91 Å². The van der Waals surface area contributed by atoms with Crippen LogP contribution in [0, 0.1) is 0 Å². The van der Waals surface area contributed by atoms with E-state index in [2.05, 4.69) is 18.7 Å². The molecule has 160 valence electrons. The second-order valence-electron chi connectivity index (χ2n) is 6.59. The van der Waals surface area contributed by atoms with E-state index in [1.165, 1.54) is 11.3 Å². The summed E-state index contributed by atoms with van der Waals surface area (Å²) in [6.45, 7) is 7.57. The minimum atomic E-state index is -0.0629. The van der Waals surface area contributed by atoms with Crippen molar-refractivity contribution in [3.8, 4) is 5.75 Å². The number of rotatable bonds is 9.